The van der Waals surface area contributed by atoms with Gasteiger partial charge in [0.25, 0.3) is 0 Å². The molecule has 0 aromatic carbocycles. The molecule has 0 unspecified atom stereocenters. The smallest absolute Gasteiger partial charge is 0.0689 e. The van der Waals surface area contributed by atoms with Crippen LogP contribution in [0, 0.1) is 0 Å². The van der Waals surface area contributed by atoms with Crippen LogP contribution in [0.15, 0.2) is 63.5 Å². The summed E-state index contributed by atoms with van der Waals surface area (Å²) in [6, 6.07) is 0.422. The van der Waals surface area contributed by atoms with E-state index < -0.39 is 0 Å². The van der Waals surface area contributed by atoms with E-state index in [1.165, 1.54) is 11.1 Å². The third-order valence-corrected chi connectivity index (χ3v) is 5.63. The van der Waals surface area contributed by atoms with E-state index in [0.29, 0.717) is 6.04 Å². The first kappa shape index (κ1) is 26.0. The van der Waals surface area contributed by atoms with Gasteiger partial charge in [0.2, 0.25) is 0 Å². The molecule has 1 saturated heterocycles. The van der Waals surface area contributed by atoms with Crippen LogP contribution >= 0.6 is 0 Å². The molecular formula is C26H43N3O. The third-order valence-electron chi connectivity index (χ3n) is 5.63. The average Bonchev–Trinajstić information content (AvgIpc) is 2.75. The molecule has 0 aliphatic carbocycles. The van der Waals surface area contributed by atoms with Gasteiger partial charge in [-0.05, 0) is 63.7 Å². The van der Waals surface area contributed by atoms with Gasteiger partial charge in [0, 0.05) is 50.3 Å². The zero-order valence-electron chi connectivity index (χ0n) is 20.3. The van der Waals surface area contributed by atoms with Crippen molar-refractivity contribution in [1.29, 1.82) is 0 Å². The lowest BCUT2D eigenvalue weighted by Crippen LogP contribution is -2.34. The highest BCUT2D eigenvalue weighted by molar-refractivity contribution is 6.14. The summed E-state index contributed by atoms with van der Waals surface area (Å²) in [6.07, 6.45) is 11.8. The highest BCUT2D eigenvalue weighted by Gasteiger charge is 2.17. The number of aliphatic imine (C=N–C) groups is 1. The molecular weight excluding hydrogens is 370 g/mol. The number of hydrogen-bond donors (Lipinski definition) is 2. The summed E-state index contributed by atoms with van der Waals surface area (Å²) in [7, 11) is 3.82. The molecule has 0 aromatic rings. The zero-order chi connectivity index (χ0) is 22.5. The molecule has 1 aliphatic heterocycles. The van der Waals surface area contributed by atoms with Crippen molar-refractivity contribution in [1.82, 2.24) is 10.6 Å². The SMILES string of the molecule is C=C(NC1CCOCC1)C(/C=C(\C=C/CC)C(=N/C)/C(C)=C(\C)NC)=C(/C)CCC. The minimum atomic E-state index is 0.422. The maximum atomic E-state index is 5.51. The maximum absolute atomic E-state index is 5.51. The predicted octanol–water partition coefficient (Wildman–Crippen LogP) is 5.86. The summed E-state index contributed by atoms with van der Waals surface area (Å²) < 4.78 is 5.51. The summed E-state index contributed by atoms with van der Waals surface area (Å²) in [4.78, 5) is 4.65. The second kappa shape index (κ2) is 14.0. The van der Waals surface area contributed by atoms with Crippen molar-refractivity contribution in [3.05, 3.63) is 58.5 Å². The number of ether oxygens (including phenoxy) is 1. The Hall–Kier alpha value is -2.07. The fraction of sp³-hybridized carbons (Fsp3) is 0.577. The Bertz CT molecular complexity index is 717. The Balaban J connectivity index is 3.43. The minimum Gasteiger partial charge on any atom is -0.391 e. The van der Waals surface area contributed by atoms with Gasteiger partial charge >= 0.3 is 0 Å². The highest BCUT2D eigenvalue weighted by Crippen LogP contribution is 2.23. The molecule has 0 aromatic heterocycles. The quantitative estimate of drug-likeness (QED) is 0.329. The summed E-state index contributed by atoms with van der Waals surface area (Å²) in [5.74, 6) is 0. The van der Waals surface area contributed by atoms with Crippen molar-refractivity contribution in [3.8, 4) is 0 Å². The first-order valence-electron chi connectivity index (χ1n) is 11.3. The Morgan fingerprint density at radius 1 is 1.17 bits per heavy atom. The Kier molecular flexibility index (Phi) is 12.1. The molecule has 1 heterocycles. The van der Waals surface area contributed by atoms with E-state index in [9.17, 15) is 0 Å². The van der Waals surface area contributed by atoms with E-state index in [4.69, 9.17) is 4.74 Å². The molecule has 30 heavy (non-hydrogen) atoms. The van der Waals surface area contributed by atoms with Gasteiger partial charge in [-0.15, -0.1) is 0 Å². The molecule has 1 fully saturated rings. The molecule has 2 N–H and O–H groups in total. The zero-order valence-corrected chi connectivity index (χ0v) is 20.3. The predicted molar refractivity (Wildman–Crippen MR) is 132 cm³/mol. The van der Waals surface area contributed by atoms with Gasteiger partial charge in [0.15, 0.2) is 0 Å². The van der Waals surface area contributed by atoms with Crippen LogP contribution in [0.4, 0.5) is 0 Å². The largest absolute Gasteiger partial charge is 0.391 e. The molecule has 0 atom stereocenters. The Morgan fingerprint density at radius 2 is 1.83 bits per heavy atom. The minimum absolute atomic E-state index is 0.422. The summed E-state index contributed by atoms with van der Waals surface area (Å²) in [6.45, 7) is 16.9. The standard InChI is InChI=1S/C26H43N3O/c1-9-11-13-23(26(28-8)20(4)21(5)27-7)18-25(19(3)12-10-2)22(6)29-24-14-16-30-17-15-24/h11,13,18,24,27,29H,6,9-10,12,14-17H2,1-5,7-8H3/b13-11-,21-20+,23-18+,25-19-,28-26+. The Labute approximate surface area is 185 Å². The summed E-state index contributed by atoms with van der Waals surface area (Å²) >= 11 is 0. The third kappa shape index (κ3) is 7.98. The van der Waals surface area contributed by atoms with Crippen LogP contribution < -0.4 is 10.6 Å². The number of rotatable bonds is 11. The number of nitrogens with zero attached hydrogens (tertiary/aromatic N) is 1. The fourth-order valence-electron chi connectivity index (χ4n) is 3.62. The van der Waals surface area contributed by atoms with Gasteiger partial charge in [0.1, 0.15) is 0 Å². The number of allylic oxidation sites excluding steroid dienone is 7. The molecule has 0 spiro atoms. The van der Waals surface area contributed by atoms with Gasteiger partial charge in [-0.25, -0.2) is 0 Å². The fourth-order valence-corrected chi connectivity index (χ4v) is 3.62. The van der Waals surface area contributed by atoms with Crippen LogP contribution in [0.5, 0.6) is 0 Å². The van der Waals surface area contributed by atoms with Crippen molar-refractivity contribution in [3.63, 3.8) is 0 Å². The van der Waals surface area contributed by atoms with E-state index >= 15 is 0 Å². The molecule has 168 valence electrons. The second-order valence-electron chi connectivity index (χ2n) is 7.94. The van der Waals surface area contributed by atoms with Crippen LogP contribution in [0.3, 0.4) is 0 Å². The van der Waals surface area contributed by atoms with Crippen molar-refractivity contribution in [2.24, 2.45) is 4.99 Å². The molecule has 0 saturated carbocycles. The summed E-state index contributed by atoms with van der Waals surface area (Å²) in [5, 5.41) is 6.93. The van der Waals surface area contributed by atoms with Crippen molar-refractivity contribution in [2.75, 3.05) is 27.3 Å². The maximum Gasteiger partial charge on any atom is 0.0689 e. The van der Waals surface area contributed by atoms with Crippen LogP contribution in [0.2, 0.25) is 0 Å². The first-order chi connectivity index (χ1) is 14.4. The van der Waals surface area contributed by atoms with E-state index in [1.807, 2.05) is 14.1 Å². The first-order valence-corrected chi connectivity index (χ1v) is 11.3. The van der Waals surface area contributed by atoms with E-state index in [2.05, 4.69) is 75.1 Å². The number of nitrogens with one attached hydrogen (secondary N) is 2. The van der Waals surface area contributed by atoms with Crippen LogP contribution in [-0.4, -0.2) is 39.1 Å². The average molecular weight is 414 g/mol. The lowest BCUT2D eigenvalue weighted by molar-refractivity contribution is 0.0806. The molecule has 4 heteroatoms. The van der Waals surface area contributed by atoms with Gasteiger partial charge in [-0.2, -0.15) is 0 Å². The second-order valence-corrected chi connectivity index (χ2v) is 7.94. The molecule has 0 amide bonds. The normalized spacial score (nSPS) is 18.2. The van der Waals surface area contributed by atoms with Crippen molar-refractivity contribution < 1.29 is 4.74 Å². The molecule has 0 bridgehead atoms. The van der Waals surface area contributed by atoms with E-state index in [0.717, 1.165) is 73.6 Å². The van der Waals surface area contributed by atoms with Crippen LogP contribution in [-0.2, 0) is 4.74 Å². The van der Waals surface area contributed by atoms with Gasteiger partial charge in [-0.3, -0.25) is 4.99 Å². The van der Waals surface area contributed by atoms with Gasteiger partial charge in [-0.1, -0.05) is 44.6 Å². The van der Waals surface area contributed by atoms with Gasteiger partial charge in [0.05, 0.1) is 5.71 Å². The van der Waals surface area contributed by atoms with E-state index in [-0.39, 0.29) is 0 Å². The van der Waals surface area contributed by atoms with Crippen molar-refractivity contribution >= 4 is 5.71 Å². The number of hydrogen-bond acceptors (Lipinski definition) is 4. The summed E-state index contributed by atoms with van der Waals surface area (Å²) in [5.41, 5.74) is 7.95. The monoisotopic (exact) mass is 413 g/mol. The lowest BCUT2D eigenvalue weighted by atomic mass is 9.94. The molecule has 0 radical (unpaired) electrons. The van der Waals surface area contributed by atoms with Crippen LogP contribution in [0.25, 0.3) is 0 Å². The van der Waals surface area contributed by atoms with Crippen molar-refractivity contribution in [2.45, 2.75) is 72.8 Å². The van der Waals surface area contributed by atoms with Gasteiger partial charge < -0.3 is 15.4 Å². The lowest BCUT2D eigenvalue weighted by Gasteiger charge is -2.26. The highest BCUT2D eigenvalue weighted by atomic mass is 16.5. The molecule has 1 rings (SSSR count). The Morgan fingerprint density at radius 3 is 2.37 bits per heavy atom. The topological polar surface area (TPSA) is 45.6 Å². The van der Waals surface area contributed by atoms with Crippen LogP contribution in [0.1, 0.15) is 66.7 Å². The molecule has 1 aliphatic rings. The molecule has 4 nitrogen and oxygen atoms in total. The van der Waals surface area contributed by atoms with E-state index in [1.54, 1.807) is 0 Å².